The van der Waals surface area contributed by atoms with Gasteiger partial charge in [0.15, 0.2) is 5.75 Å². The van der Waals surface area contributed by atoms with E-state index in [0.717, 1.165) is 0 Å². The maximum Gasteiger partial charge on any atom is 0.161 e. The van der Waals surface area contributed by atoms with Gasteiger partial charge in [-0.25, -0.2) is 4.39 Å². The molecule has 0 fully saturated rings. The van der Waals surface area contributed by atoms with Crippen LogP contribution in [0.25, 0.3) is 10.9 Å². The predicted octanol–water partition coefficient (Wildman–Crippen LogP) is 1.71. The molecule has 0 unspecified atom stereocenters. The van der Waals surface area contributed by atoms with Crippen molar-refractivity contribution in [3.8, 4) is 5.75 Å². The Morgan fingerprint density at radius 1 is 1.50 bits per heavy atom. The largest absolute Gasteiger partial charge is 0.493 e. The molecule has 2 aromatic rings. The number of ether oxygens (including phenoxy) is 1. The zero-order valence-corrected chi connectivity index (χ0v) is 6.47. The molecule has 0 saturated heterocycles. The second-order valence-corrected chi connectivity index (χ2v) is 2.40. The van der Waals surface area contributed by atoms with Crippen molar-refractivity contribution in [2.75, 3.05) is 7.11 Å². The normalized spacial score (nSPS) is 10.5. The lowest BCUT2D eigenvalue weighted by molar-refractivity contribution is 0.417. The zero-order chi connectivity index (χ0) is 8.55. The summed E-state index contributed by atoms with van der Waals surface area (Å²) in [4.78, 5) is 6.60. The van der Waals surface area contributed by atoms with Gasteiger partial charge < -0.3 is 9.72 Å². The van der Waals surface area contributed by atoms with Crippen molar-refractivity contribution in [2.45, 2.75) is 0 Å². The number of H-pyrrole nitrogens is 1. The highest BCUT2D eigenvalue weighted by molar-refractivity contribution is 5.84. The molecular formula is C8H7FN2O. The minimum Gasteiger partial charge on any atom is -0.493 e. The van der Waals surface area contributed by atoms with Gasteiger partial charge in [0.1, 0.15) is 5.82 Å². The van der Waals surface area contributed by atoms with Crippen LogP contribution in [0.1, 0.15) is 0 Å². The molecule has 0 saturated carbocycles. The number of aromatic nitrogens is 2. The minimum absolute atomic E-state index is 0.309. The number of halogens is 1. The summed E-state index contributed by atoms with van der Waals surface area (Å²) in [6.07, 6.45) is 4.29. The Morgan fingerprint density at radius 3 is 3.08 bits per heavy atom. The summed E-state index contributed by atoms with van der Waals surface area (Å²) in [5.41, 5.74) is 0.644. The predicted molar refractivity (Wildman–Crippen MR) is 42.6 cm³/mol. The van der Waals surface area contributed by atoms with Gasteiger partial charge >= 0.3 is 0 Å². The monoisotopic (exact) mass is 166 g/mol. The number of hydrogen-bond acceptors (Lipinski definition) is 2. The summed E-state index contributed by atoms with van der Waals surface area (Å²) in [6, 6.07) is 0. The fraction of sp³-hybridized carbons (Fsp3) is 0.125. The van der Waals surface area contributed by atoms with Crippen molar-refractivity contribution in [2.24, 2.45) is 0 Å². The molecule has 62 valence electrons. The summed E-state index contributed by atoms with van der Waals surface area (Å²) >= 11 is 0. The van der Waals surface area contributed by atoms with Gasteiger partial charge in [0, 0.05) is 12.4 Å². The molecule has 0 radical (unpaired) electrons. The Hall–Kier alpha value is -1.58. The van der Waals surface area contributed by atoms with E-state index in [0.29, 0.717) is 16.7 Å². The third-order valence-corrected chi connectivity index (χ3v) is 1.73. The van der Waals surface area contributed by atoms with Gasteiger partial charge in [-0.2, -0.15) is 0 Å². The van der Waals surface area contributed by atoms with Crippen LogP contribution in [0.15, 0.2) is 18.6 Å². The molecule has 0 bridgehead atoms. The standard InChI is InChI=1S/C8H7FN2O/c1-12-7-4-10-2-5-6(9)3-11-8(5)7/h2-4,11H,1H3. The highest BCUT2D eigenvalue weighted by Gasteiger charge is 2.06. The summed E-state index contributed by atoms with van der Waals surface area (Å²) in [5, 5.41) is 0.453. The fourth-order valence-corrected chi connectivity index (χ4v) is 1.14. The van der Waals surface area contributed by atoms with Crippen molar-refractivity contribution < 1.29 is 9.13 Å². The number of hydrogen-bond donors (Lipinski definition) is 1. The van der Waals surface area contributed by atoms with Crippen LogP contribution in [0.5, 0.6) is 5.75 Å². The van der Waals surface area contributed by atoms with Crippen molar-refractivity contribution in [1.29, 1.82) is 0 Å². The molecule has 0 aliphatic heterocycles. The second-order valence-electron chi connectivity index (χ2n) is 2.40. The molecule has 2 heterocycles. The van der Waals surface area contributed by atoms with Gasteiger partial charge in [-0.15, -0.1) is 0 Å². The van der Waals surface area contributed by atoms with Crippen molar-refractivity contribution in [1.82, 2.24) is 9.97 Å². The summed E-state index contributed by atoms with van der Waals surface area (Å²) in [5.74, 6) is 0.243. The molecule has 0 aliphatic carbocycles. The van der Waals surface area contributed by atoms with Gasteiger partial charge in [0.05, 0.1) is 24.2 Å². The number of fused-ring (bicyclic) bond motifs is 1. The Bertz CT molecular complexity index is 410. The molecule has 0 atom stereocenters. The van der Waals surface area contributed by atoms with E-state index >= 15 is 0 Å². The van der Waals surface area contributed by atoms with Crippen LogP contribution >= 0.6 is 0 Å². The maximum absolute atomic E-state index is 12.9. The van der Waals surface area contributed by atoms with Gasteiger partial charge in [-0.05, 0) is 0 Å². The molecule has 0 spiro atoms. The first-order chi connectivity index (χ1) is 5.83. The van der Waals surface area contributed by atoms with E-state index in [-0.39, 0.29) is 5.82 Å². The third kappa shape index (κ3) is 0.845. The molecule has 0 aromatic carbocycles. The molecule has 12 heavy (non-hydrogen) atoms. The molecule has 2 rings (SSSR count). The van der Waals surface area contributed by atoms with Crippen LogP contribution in [0.2, 0.25) is 0 Å². The van der Waals surface area contributed by atoms with E-state index < -0.39 is 0 Å². The lowest BCUT2D eigenvalue weighted by atomic mass is 10.3. The molecule has 4 heteroatoms. The first kappa shape index (κ1) is 7.09. The molecule has 0 amide bonds. The van der Waals surface area contributed by atoms with Gasteiger partial charge in [0.2, 0.25) is 0 Å². The Morgan fingerprint density at radius 2 is 2.33 bits per heavy atom. The molecular weight excluding hydrogens is 159 g/mol. The SMILES string of the molecule is COc1cncc2c(F)c[nH]c12. The van der Waals surface area contributed by atoms with E-state index in [2.05, 4.69) is 9.97 Å². The van der Waals surface area contributed by atoms with Crippen LogP contribution in [0, 0.1) is 5.82 Å². The Labute approximate surface area is 68.2 Å². The Balaban J connectivity index is 2.81. The van der Waals surface area contributed by atoms with Gasteiger partial charge in [-0.3, -0.25) is 4.98 Å². The fourth-order valence-electron chi connectivity index (χ4n) is 1.14. The Kier molecular flexibility index (Phi) is 1.46. The van der Waals surface area contributed by atoms with Crippen LogP contribution in [-0.2, 0) is 0 Å². The first-order valence-corrected chi connectivity index (χ1v) is 3.47. The summed E-state index contributed by atoms with van der Waals surface area (Å²) < 4.78 is 17.9. The van der Waals surface area contributed by atoms with Gasteiger partial charge in [-0.1, -0.05) is 0 Å². The average molecular weight is 166 g/mol. The number of rotatable bonds is 1. The zero-order valence-electron chi connectivity index (χ0n) is 6.47. The second kappa shape index (κ2) is 2.48. The van der Waals surface area contributed by atoms with Crippen molar-refractivity contribution in [3.05, 3.63) is 24.4 Å². The number of aromatic amines is 1. The highest BCUT2D eigenvalue weighted by Crippen LogP contribution is 2.24. The van der Waals surface area contributed by atoms with Crippen LogP contribution in [-0.4, -0.2) is 17.1 Å². The van der Waals surface area contributed by atoms with E-state index in [1.54, 1.807) is 0 Å². The number of methoxy groups -OCH3 is 1. The van der Waals surface area contributed by atoms with Crippen LogP contribution < -0.4 is 4.74 Å². The van der Waals surface area contributed by atoms with E-state index in [4.69, 9.17) is 4.74 Å². The van der Waals surface area contributed by atoms with Crippen molar-refractivity contribution >= 4 is 10.9 Å². The quantitative estimate of drug-likeness (QED) is 0.700. The molecule has 2 aromatic heterocycles. The maximum atomic E-state index is 12.9. The lowest BCUT2D eigenvalue weighted by Gasteiger charge is -1.98. The van der Waals surface area contributed by atoms with Crippen molar-refractivity contribution in [3.63, 3.8) is 0 Å². The molecule has 0 aliphatic rings. The summed E-state index contributed by atoms with van der Waals surface area (Å²) in [7, 11) is 1.52. The average Bonchev–Trinajstić information content (AvgIpc) is 2.48. The van der Waals surface area contributed by atoms with E-state index in [1.165, 1.54) is 25.7 Å². The molecule has 3 nitrogen and oxygen atoms in total. The highest BCUT2D eigenvalue weighted by atomic mass is 19.1. The first-order valence-electron chi connectivity index (χ1n) is 3.47. The van der Waals surface area contributed by atoms with E-state index in [9.17, 15) is 4.39 Å². The number of pyridine rings is 1. The topological polar surface area (TPSA) is 37.9 Å². The third-order valence-electron chi connectivity index (χ3n) is 1.73. The van der Waals surface area contributed by atoms with Crippen LogP contribution in [0.3, 0.4) is 0 Å². The minimum atomic E-state index is -0.309. The number of nitrogens with one attached hydrogen (secondary N) is 1. The summed E-state index contributed by atoms with van der Waals surface area (Å²) in [6.45, 7) is 0. The van der Waals surface area contributed by atoms with E-state index in [1.807, 2.05) is 0 Å². The van der Waals surface area contributed by atoms with Crippen LogP contribution in [0.4, 0.5) is 4.39 Å². The lowest BCUT2D eigenvalue weighted by Crippen LogP contribution is -1.85. The van der Waals surface area contributed by atoms with Gasteiger partial charge in [0.25, 0.3) is 0 Å². The smallest absolute Gasteiger partial charge is 0.161 e. The molecule has 1 N–H and O–H groups in total. The number of nitrogens with zero attached hydrogens (tertiary/aromatic N) is 1.